The van der Waals surface area contributed by atoms with Gasteiger partial charge in [-0.05, 0) is 49.4 Å². The van der Waals surface area contributed by atoms with Gasteiger partial charge < -0.3 is 5.73 Å². The Morgan fingerprint density at radius 3 is 2.47 bits per heavy atom. The number of benzene rings is 1. The summed E-state index contributed by atoms with van der Waals surface area (Å²) in [5.74, 6) is 0. The van der Waals surface area contributed by atoms with Crippen LogP contribution in [-0.2, 0) is 6.42 Å². The maximum Gasteiger partial charge on any atom is 0.0349 e. The maximum atomic E-state index is 6.01. The minimum atomic E-state index is 0.967. The van der Waals surface area contributed by atoms with E-state index < -0.39 is 0 Å². The van der Waals surface area contributed by atoms with Crippen LogP contribution in [0.2, 0.25) is 0 Å². The summed E-state index contributed by atoms with van der Waals surface area (Å²) in [6, 6.07) is 4.15. The molecule has 0 atom stereocenters. The lowest BCUT2D eigenvalue weighted by atomic mass is 9.96. The molecular formula is C14H23N. The first-order valence-electron chi connectivity index (χ1n) is 6.01. The van der Waals surface area contributed by atoms with Crippen LogP contribution >= 0.6 is 0 Å². The smallest absolute Gasteiger partial charge is 0.0349 e. The molecule has 1 nitrogen and oxygen atoms in total. The summed E-state index contributed by atoms with van der Waals surface area (Å²) in [5.41, 5.74) is 11.1. The van der Waals surface area contributed by atoms with Crippen molar-refractivity contribution in [2.24, 2.45) is 0 Å². The number of anilines is 1. The number of rotatable bonds is 5. The third-order valence-electron chi connectivity index (χ3n) is 3.19. The first kappa shape index (κ1) is 12.1. The van der Waals surface area contributed by atoms with Gasteiger partial charge in [-0.15, -0.1) is 0 Å². The summed E-state index contributed by atoms with van der Waals surface area (Å²) >= 11 is 0. The van der Waals surface area contributed by atoms with E-state index in [1.165, 1.54) is 42.4 Å². The quantitative estimate of drug-likeness (QED) is 0.570. The van der Waals surface area contributed by atoms with Gasteiger partial charge in [0.1, 0.15) is 0 Å². The van der Waals surface area contributed by atoms with Gasteiger partial charge in [-0.2, -0.15) is 0 Å². The number of nitrogen functional groups attached to an aromatic ring is 1. The third kappa shape index (κ3) is 3.26. The van der Waals surface area contributed by atoms with E-state index in [4.69, 9.17) is 5.73 Å². The average molecular weight is 205 g/mol. The van der Waals surface area contributed by atoms with Crippen molar-refractivity contribution in [2.75, 3.05) is 5.73 Å². The zero-order valence-corrected chi connectivity index (χ0v) is 10.3. The van der Waals surface area contributed by atoms with Crippen molar-refractivity contribution >= 4 is 5.69 Å². The number of aryl methyl sites for hydroxylation is 1. The van der Waals surface area contributed by atoms with Crippen LogP contribution in [0, 0.1) is 13.8 Å². The van der Waals surface area contributed by atoms with Crippen LogP contribution in [0.3, 0.4) is 0 Å². The van der Waals surface area contributed by atoms with Crippen LogP contribution in [-0.4, -0.2) is 0 Å². The van der Waals surface area contributed by atoms with Gasteiger partial charge >= 0.3 is 0 Å². The highest BCUT2D eigenvalue weighted by Gasteiger charge is 2.04. The Kier molecular flexibility index (Phi) is 4.67. The molecule has 0 amide bonds. The molecule has 1 rings (SSSR count). The van der Waals surface area contributed by atoms with Gasteiger partial charge in [-0.1, -0.05) is 32.3 Å². The molecule has 0 fully saturated rings. The lowest BCUT2D eigenvalue weighted by molar-refractivity contribution is 0.666. The van der Waals surface area contributed by atoms with E-state index in [9.17, 15) is 0 Å². The zero-order valence-electron chi connectivity index (χ0n) is 10.3. The minimum Gasteiger partial charge on any atom is -0.398 e. The highest BCUT2D eigenvalue weighted by Crippen LogP contribution is 2.22. The summed E-state index contributed by atoms with van der Waals surface area (Å²) in [7, 11) is 0. The van der Waals surface area contributed by atoms with Crippen LogP contribution in [0.1, 0.15) is 49.3 Å². The number of unbranched alkanes of at least 4 members (excludes halogenated alkanes) is 3. The van der Waals surface area contributed by atoms with Crippen LogP contribution in [0.5, 0.6) is 0 Å². The monoisotopic (exact) mass is 205 g/mol. The number of hydrogen-bond acceptors (Lipinski definition) is 1. The molecule has 1 aromatic carbocycles. The van der Waals surface area contributed by atoms with Gasteiger partial charge in [0.2, 0.25) is 0 Å². The fraction of sp³-hybridized carbons (Fsp3) is 0.571. The second-order valence-corrected chi connectivity index (χ2v) is 4.39. The van der Waals surface area contributed by atoms with E-state index in [0.29, 0.717) is 0 Å². The van der Waals surface area contributed by atoms with Crippen molar-refractivity contribution in [1.29, 1.82) is 0 Å². The summed E-state index contributed by atoms with van der Waals surface area (Å²) < 4.78 is 0. The Morgan fingerprint density at radius 2 is 1.80 bits per heavy atom. The average Bonchev–Trinajstić information content (AvgIpc) is 2.23. The first-order chi connectivity index (χ1) is 7.16. The van der Waals surface area contributed by atoms with Crippen molar-refractivity contribution < 1.29 is 0 Å². The highest BCUT2D eigenvalue weighted by molar-refractivity contribution is 5.53. The van der Waals surface area contributed by atoms with E-state index in [-0.39, 0.29) is 0 Å². The normalized spacial score (nSPS) is 10.6. The lowest BCUT2D eigenvalue weighted by Crippen LogP contribution is -1.99. The van der Waals surface area contributed by atoms with Crippen molar-refractivity contribution in [1.82, 2.24) is 0 Å². The van der Waals surface area contributed by atoms with E-state index in [1.54, 1.807) is 0 Å². The van der Waals surface area contributed by atoms with E-state index in [2.05, 4.69) is 26.8 Å². The molecule has 0 aliphatic heterocycles. The molecule has 2 N–H and O–H groups in total. The maximum absolute atomic E-state index is 6.01. The predicted octanol–water partition coefficient (Wildman–Crippen LogP) is 4.01. The molecule has 0 spiro atoms. The Bertz CT molecular complexity index is 315. The molecule has 15 heavy (non-hydrogen) atoms. The SMILES string of the molecule is CCCCCCc1c(N)ccc(C)c1C. The Labute approximate surface area is 93.7 Å². The first-order valence-corrected chi connectivity index (χ1v) is 6.01. The number of nitrogens with two attached hydrogens (primary N) is 1. The van der Waals surface area contributed by atoms with Crippen molar-refractivity contribution in [3.63, 3.8) is 0 Å². The van der Waals surface area contributed by atoms with Gasteiger partial charge in [-0.25, -0.2) is 0 Å². The second kappa shape index (κ2) is 5.79. The van der Waals surface area contributed by atoms with Crippen molar-refractivity contribution in [2.45, 2.75) is 52.9 Å². The predicted molar refractivity (Wildman–Crippen MR) is 68.2 cm³/mol. The zero-order chi connectivity index (χ0) is 11.3. The Hall–Kier alpha value is -0.980. The molecule has 0 saturated heterocycles. The lowest BCUT2D eigenvalue weighted by Gasteiger charge is -2.11. The van der Waals surface area contributed by atoms with Crippen LogP contribution in [0.25, 0.3) is 0 Å². The van der Waals surface area contributed by atoms with Crippen molar-refractivity contribution in [3.05, 3.63) is 28.8 Å². The largest absolute Gasteiger partial charge is 0.398 e. The van der Waals surface area contributed by atoms with Crippen molar-refractivity contribution in [3.8, 4) is 0 Å². The van der Waals surface area contributed by atoms with Gasteiger partial charge in [0.15, 0.2) is 0 Å². The van der Waals surface area contributed by atoms with Crippen LogP contribution in [0.15, 0.2) is 12.1 Å². The molecule has 1 heteroatoms. The molecule has 0 radical (unpaired) electrons. The fourth-order valence-corrected chi connectivity index (χ4v) is 1.96. The summed E-state index contributed by atoms with van der Waals surface area (Å²) in [6.07, 6.45) is 6.36. The summed E-state index contributed by atoms with van der Waals surface area (Å²) in [5, 5.41) is 0. The molecule has 1 aromatic rings. The second-order valence-electron chi connectivity index (χ2n) is 4.39. The fourth-order valence-electron chi connectivity index (χ4n) is 1.96. The third-order valence-corrected chi connectivity index (χ3v) is 3.19. The van der Waals surface area contributed by atoms with E-state index >= 15 is 0 Å². The van der Waals surface area contributed by atoms with Crippen LogP contribution in [0.4, 0.5) is 5.69 Å². The molecule has 0 heterocycles. The Balaban J connectivity index is 2.63. The van der Waals surface area contributed by atoms with Gasteiger partial charge in [0.25, 0.3) is 0 Å². The van der Waals surface area contributed by atoms with E-state index in [1.807, 2.05) is 6.07 Å². The molecule has 0 aliphatic rings. The molecule has 0 saturated carbocycles. The summed E-state index contributed by atoms with van der Waals surface area (Å²) in [4.78, 5) is 0. The summed E-state index contributed by atoms with van der Waals surface area (Å²) in [6.45, 7) is 6.58. The van der Waals surface area contributed by atoms with Gasteiger partial charge in [0.05, 0.1) is 0 Å². The molecule has 0 aliphatic carbocycles. The molecular weight excluding hydrogens is 182 g/mol. The van der Waals surface area contributed by atoms with Gasteiger partial charge in [-0.3, -0.25) is 0 Å². The van der Waals surface area contributed by atoms with Gasteiger partial charge in [0, 0.05) is 5.69 Å². The van der Waals surface area contributed by atoms with E-state index in [0.717, 1.165) is 12.1 Å². The molecule has 84 valence electrons. The Morgan fingerprint density at radius 1 is 1.07 bits per heavy atom. The molecule has 0 bridgehead atoms. The number of hydrogen-bond donors (Lipinski definition) is 1. The highest BCUT2D eigenvalue weighted by atomic mass is 14.6. The standard InChI is InChI=1S/C14H23N/c1-4-5-6-7-8-13-12(3)11(2)9-10-14(13)15/h9-10H,4-8,15H2,1-3H3. The minimum absolute atomic E-state index is 0.967. The topological polar surface area (TPSA) is 26.0 Å². The molecule has 0 unspecified atom stereocenters. The molecule has 0 aromatic heterocycles. The van der Waals surface area contributed by atoms with Crippen LogP contribution < -0.4 is 5.73 Å².